The maximum absolute atomic E-state index is 5.76. The number of hydrogen-bond acceptors (Lipinski definition) is 3. The van der Waals surface area contributed by atoms with E-state index in [0.717, 1.165) is 23.1 Å². The zero-order chi connectivity index (χ0) is 13.2. The van der Waals surface area contributed by atoms with Gasteiger partial charge in [-0.05, 0) is 43.0 Å². The summed E-state index contributed by atoms with van der Waals surface area (Å²) in [6.07, 6.45) is 2.97. The van der Waals surface area contributed by atoms with Crippen molar-refractivity contribution in [2.24, 2.45) is 11.0 Å². The molecule has 3 rings (SSSR count). The first-order valence-electron chi connectivity index (χ1n) is 6.68. The van der Waals surface area contributed by atoms with Gasteiger partial charge < -0.3 is 4.42 Å². The Hall–Kier alpha value is -2.03. The Bertz CT molecular complexity index is 600. The molecule has 1 aliphatic rings. The number of rotatable bonds is 4. The van der Waals surface area contributed by atoms with Crippen LogP contribution in [-0.4, -0.2) is 6.21 Å². The number of nitrogens with zero attached hydrogens (tertiary/aromatic N) is 1. The van der Waals surface area contributed by atoms with Gasteiger partial charge in [-0.15, -0.1) is 0 Å². The van der Waals surface area contributed by atoms with Gasteiger partial charge in [-0.25, -0.2) is 0 Å². The van der Waals surface area contributed by atoms with Crippen molar-refractivity contribution in [3.63, 3.8) is 0 Å². The maximum atomic E-state index is 5.76. The summed E-state index contributed by atoms with van der Waals surface area (Å²) in [6.45, 7) is 4.30. The lowest BCUT2D eigenvalue weighted by Crippen LogP contribution is -1.91. The number of hydrogen-bond donors (Lipinski definition) is 1. The zero-order valence-electron chi connectivity index (χ0n) is 11.3. The average molecular weight is 254 g/mol. The maximum Gasteiger partial charge on any atom is 0.147 e. The summed E-state index contributed by atoms with van der Waals surface area (Å²) >= 11 is 0. The molecule has 0 saturated heterocycles. The summed E-state index contributed by atoms with van der Waals surface area (Å²) in [7, 11) is 0. The Labute approximate surface area is 113 Å². The normalized spacial score (nSPS) is 21.8. The first kappa shape index (κ1) is 12.0. The summed E-state index contributed by atoms with van der Waals surface area (Å²) in [5.74, 6) is 3.27. The standard InChI is InChI=1S/C16H18N2O/c1-11-5-3-4-6-15(11)18-17-10-13-7-8-16(19-13)14-9-12(14)2/h3-8,10,12,14,18H,9H2,1-2H3/b17-10-/t12-,14+/m1/s1. The number of nitrogens with one attached hydrogen (secondary N) is 1. The molecule has 3 heteroatoms. The number of anilines is 1. The van der Waals surface area contributed by atoms with Gasteiger partial charge in [-0.3, -0.25) is 5.43 Å². The molecule has 1 aromatic carbocycles. The molecule has 3 nitrogen and oxygen atoms in total. The Balaban J connectivity index is 1.63. The van der Waals surface area contributed by atoms with E-state index in [0.29, 0.717) is 5.92 Å². The fourth-order valence-corrected chi connectivity index (χ4v) is 2.22. The van der Waals surface area contributed by atoms with Crippen LogP contribution in [0.1, 0.15) is 36.3 Å². The van der Waals surface area contributed by atoms with Gasteiger partial charge in [0, 0.05) is 5.92 Å². The molecule has 1 saturated carbocycles. The molecule has 0 unspecified atom stereocenters. The van der Waals surface area contributed by atoms with E-state index in [4.69, 9.17) is 4.42 Å². The predicted octanol–water partition coefficient (Wildman–Crippen LogP) is 4.16. The second-order valence-corrected chi connectivity index (χ2v) is 5.24. The highest BCUT2D eigenvalue weighted by Crippen LogP contribution is 2.47. The minimum absolute atomic E-state index is 0.617. The van der Waals surface area contributed by atoms with Crippen LogP contribution >= 0.6 is 0 Å². The molecule has 98 valence electrons. The highest BCUT2D eigenvalue weighted by Gasteiger charge is 2.36. The minimum Gasteiger partial charge on any atom is -0.460 e. The van der Waals surface area contributed by atoms with Crippen LogP contribution in [0.3, 0.4) is 0 Å². The van der Waals surface area contributed by atoms with Crippen molar-refractivity contribution in [1.29, 1.82) is 0 Å². The van der Waals surface area contributed by atoms with Crippen LogP contribution in [0.15, 0.2) is 45.9 Å². The average Bonchev–Trinajstić information content (AvgIpc) is 2.96. The van der Waals surface area contributed by atoms with E-state index in [1.165, 1.54) is 12.0 Å². The van der Waals surface area contributed by atoms with Crippen LogP contribution in [-0.2, 0) is 0 Å². The second kappa shape index (κ2) is 4.92. The van der Waals surface area contributed by atoms with Crippen molar-refractivity contribution in [2.45, 2.75) is 26.2 Å². The predicted molar refractivity (Wildman–Crippen MR) is 77.6 cm³/mol. The highest BCUT2D eigenvalue weighted by molar-refractivity contribution is 5.76. The SMILES string of the molecule is Cc1ccccc1N/N=C\c1ccc([C@H]2C[C@H]2C)o1. The molecule has 0 bridgehead atoms. The van der Waals surface area contributed by atoms with Crippen molar-refractivity contribution >= 4 is 11.9 Å². The summed E-state index contributed by atoms with van der Waals surface area (Å²) in [4.78, 5) is 0. The van der Waals surface area contributed by atoms with Crippen LogP contribution in [0.2, 0.25) is 0 Å². The van der Waals surface area contributed by atoms with Gasteiger partial charge in [0.2, 0.25) is 0 Å². The van der Waals surface area contributed by atoms with Gasteiger partial charge in [0.1, 0.15) is 11.5 Å². The van der Waals surface area contributed by atoms with Gasteiger partial charge in [-0.2, -0.15) is 5.10 Å². The van der Waals surface area contributed by atoms with Crippen LogP contribution in [0.4, 0.5) is 5.69 Å². The molecule has 1 aliphatic carbocycles. The third-order valence-electron chi connectivity index (χ3n) is 3.64. The molecule has 2 atom stereocenters. The third-order valence-corrected chi connectivity index (χ3v) is 3.64. The Kier molecular flexibility index (Phi) is 3.11. The number of aryl methyl sites for hydroxylation is 1. The Morgan fingerprint density at radius 1 is 1.26 bits per heavy atom. The van der Waals surface area contributed by atoms with Crippen molar-refractivity contribution in [3.05, 3.63) is 53.5 Å². The Morgan fingerprint density at radius 2 is 2.05 bits per heavy atom. The van der Waals surface area contributed by atoms with E-state index in [1.54, 1.807) is 6.21 Å². The third kappa shape index (κ3) is 2.70. The van der Waals surface area contributed by atoms with Crippen LogP contribution in [0.5, 0.6) is 0 Å². The molecule has 0 radical (unpaired) electrons. The van der Waals surface area contributed by atoms with Gasteiger partial charge in [0.25, 0.3) is 0 Å². The summed E-state index contributed by atoms with van der Waals surface area (Å²) in [6, 6.07) is 12.1. The van der Waals surface area contributed by atoms with E-state index in [9.17, 15) is 0 Å². The van der Waals surface area contributed by atoms with Crippen molar-refractivity contribution in [2.75, 3.05) is 5.43 Å². The lowest BCUT2D eigenvalue weighted by atomic mass is 10.2. The van der Waals surface area contributed by atoms with Gasteiger partial charge >= 0.3 is 0 Å². The number of furan rings is 1. The monoisotopic (exact) mass is 254 g/mol. The molecule has 2 aromatic rings. The van der Waals surface area contributed by atoms with E-state index in [2.05, 4.69) is 36.5 Å². The first-order valence-corrected chi connectivity index (χ1v) is 6.68. The smallest absolute Gasteiger partial charge is 0.147 e. The van der Waals surface area contributed by atoms with Crippen LogP contribution < -0.4 is 5.43 Å². The van der Waals surface area contributed by atoms with E-state index in [1.807, 2.05) is 24.3 Å². The van der Waals surface area contributed by atoms with Crippen LogP contribution in [0, 0.1) is 12.8 Å². The van der Waals surface area contributed by atoms with E-state index < -0.39 is 0 Å². The molecule has 1 fully saturated rings. The summed E-state index contributed by atoms with van der Waals surface area (Å²) in [5.41, 5.74) is 5.22. The number of benzene rings is 1. The number of para-hydroxylation sites is 1. The van der Waals surface area contributed by atoms with E-state index in [-0.39, 0.29) is 0 Å². The fourth-order valence-electron chi connectivity index (χ4n) is 2.22. The summed E-state index contributed by atoms with van der Waals surface area (Å²) < 4.78 is 5.76. The largest absolute Gasteiger partial charge is 0.460 e. The molecule has 0 aliphatic heterocycles. The van der Waals surface area contributed by atoms with Crippen molar-refractivity contribution in [3.8, 4) is 0 Å². The Morgan fingerprint density at radius 3 is 2.79 bits per heavy atom. The fraction of sp³-hybridized carbons (Fsp3) is 0.312. The van der Waals surface area contributed by atoms with Crippen molar-refractivity contribution < 1.29 is 4.42 Å². The molecular formula is C16H18N2O. The summed E-state index contributed by atoms with van der Waals surface area (Å²) in [5, 5.41) is 4.22. The highest BCUT2D eigenvalue weighted by atomic mass is 16.3. The quantitative estimate of drug-likeness (QED) is 0.657. The number of hydrazone groups is 1. The van der Waals surface area contributed by atoms with E-state index >= 15 is 0 Å². The molecule has 19 heavy (non-hydrogen) atoms. The molecule has 1 aromatic heterocycles. The molecule has 0 amide bonds. The van der Waals surface area contributed by atoms with Crippen LogP contribution in [0.25, 0.3) is 0 Å². The zero-order valence-corrected chi connectivity index (χ0v) is 11.3. The van der Waals surface area contributed by atoms with Crippen molar-refractivity contribution in [1.82, 2.24) is 0 Å². The first-order chi connectivity index (χ1) is 9.24. The van der Waals surface area contributed by atoms with Gasteiger partial charge in [0.15, 0.2) is 0 Å². The topological polar surface area (TPSA) is 37.5 Å². The van der Waals surface area contributed by atoms with Gasteiger partial charge in [-0.1, -0.05) is 25.1 Å². The lowest BCUT2D eigenvalue weighted by Gasteiger charge is -2.02. The lowest BCUT2D eigenvalue weighted by molar-refractivity contribution is 0.500. The molecule has 1 heterocycles. The van der Waals surface area contributed by atoms with Gasteiger partial charge in [0.05, 0.1) is 11.9 Å². The molecular weight excluding hydrogens is 236 g/mol. The molecule has 1 N–H and O–H groups in total. The molecule has 0 spiro atoms. The minimum atomic E-state index is 0.617. The second-order valence-electron chi connectivity index (χ2n) is 5.24.